The Balaban J connectivity index is 1.36. The van der Waals surface area contributed by atoms with Crippen LogP contribution in [0.3, 0.4) is 0 Å². The van der Waals surface area contributed by atoms with Gasteiger partial charge in [0.1, 0.15) is 17.8 Å². The van der Waals surface area contributed by atoms with Gasteiger partial charge < -0.3 is 14.5 Å². The lowest BCUT2D eigenvalue weighted by molar-refractivity contribution is -0.120. The van der Waals surface area contributed by atoms with Crippen LogP contribution in [0.15, 0.2) is 82.8 Å². The zero-order valence-corrected chi connectivity index (χ0v) is 15.8. The zero-order valence-electron chi connectivity index (χ0n) is 15.0. The first kappa shape index (κ1) is 18.0. The number of hydrogen-bond acceptors (Lipinski definition) is 5. The first-order valence-electron chi connectivity index (χ1n) is 8.84. The van der Waals surface area contributed by atoms with Crippen molar-refractivity contribution in [3.63, 3.8) is 0 Å². The summed E-state index contributed by atoms with van der Waals surface area (Å²) >= 11 is 1.55. The standard InChI is InChI=1S/C22H18N2O3S/c25-21(13-17-15-26-22(24-17)20-11-6-12-28-20)23-14-16-7-4-5-10-19(16)27-18-8-2-1-3-9-18/h1-12,15H,13-14H2,(H,23,25). The number of thiophene rings is 1. The Morgan fingerprint density at radius 3 is 2.68 bits per heavy atom. The van der Waals surface area contributed by atoms with Gasteiger partial charge in [0.25, 0.3) is 0 Å². The summed E-state index contributed by atoms with van der Waals surface area (Å²) in [5.41, 5.74) is 1.51. The van der Waals surface area contributed by atoms with Crippen LogP contribution in [-0.4, -0.2) is 10.9 Å². The molecule has 0 saturated heterocycles. The molecule has 140 valence electrons. The van der Waals surface area contributed by atoms with Crippen molar-refractivity contribution in [3.05, 3.63) is 89.6 Å². The Bertz CT molecular complexity index is 1040. The van der Waals surface area contributed by atoms with Crippen LogP contribution in [0.1, 0.15) is 11.3 Å². The topological polar surface area (TPSA) is 64.4 Å². The number of para-hydroxylation sites is 2. The molecular weight excluding hydrogens is 372 g/mol. The fourth-order valence-corrected chi connectivity index (χ4v) is 3.34. The van der Waals surface area contributed by atoms with E-state index in [2.05, 4.69) is 10.3 Å². The highest BCUT2D eigenvalue weighted by Gasteiger charge is 2.12. The number of amides is 1. The van der Waals surface area contributed by atoms with Crippen molar-refractivity contribution in [3.8, 4) is 22.3 Å². The molecule has 4 aromatic rings. The summed E-state index contributed by atoms with van der Waals surface area (Å²) in [5.74, 6) is 1.89. The van der Waals surface area contributed by atoms with Gasteiger partial charge in [-0.1, -0.05) is 42.5 Å². The number of nitrogens with one attached hydrogen (secondary N) is 1. The van der Waals surface area contributed by atoms with Gasteiger partial charge >= 0.3 is 0 Å². The number of ether oxygens (including phenoxy) is 1. The largest absolute Gasteiger partial charge is 0.457 e. The van der Waals surface area contributed by atoms with Crippen LogP contribution >= 0.6 is 11.3 Å². The van der Waals surface area contributed by atoms with E-state index < -0.39 is 0 Å². The molecule has 2 heterocycles. The molecule has 0 saturated carbocycles. The average molecular weight is 390 g/mol. The highest BCUT2D eigenvalue weighted by molar-refractivity contribution is 7.13. The van der Waals surface area contributed by atoms with Crippen LogP contribution in [0.2, 0.25) is 0 Å². The molecule has 2 aromatic heterocycles. The number of carbonyl (C=O) groups excluding carboxylic acids is 1. The predicted molar refractivity (Wildman–Crippen MR) is 108 cm³/mol. The molecule has 28 heavy (non-hydrogen) atoms. The van der Waals surface area contributed by atoms with E-state index in [9.17, 15) is 4.79 Å². The molecule has 1 amide bonds. The minimum absolute atomic E-state index is 0.124. The minimum atomic E-state index is -0.124. The third kappa shape index (κ3) is 4.47. The molecule has 1 N–H and O–H groups in total. The summed E-state index contributed by atoms with van der Waals surface area (Å²) in [6.45, 7) is 0.372. The van der Waals surface area contributed by atoms with Crippen molar-refractivity contribution in [2.24, 2.45) is 0 Å². The van der Waals surface area contributed by atoms with Gasteiger partial charge in [-0.25, -0.2) is 4.98 Å². The minimum Gasteiger partial charge on any atom is -0.457 e. The molecule has 0 aliphatic carbocycles. The van der Waals surface area contributed by atoms with Gasteiger partial charge in [0.2, 0.25) is 11.8 Å². The molecule has 2 aromatic carbocycles. The maximum atomic E-state index is 12.3. The molecule has 0 bridgehead atoms. The average Bonchev–Trinajstić information content (AvgIpc) is 3.40. The van der Waals surface area contributed by atoms with Crippen LogP contribution in [0.25, 0.3) is 10.8 Å². The lowest BCUT2D eigenvalue weighted by Crippen LogP contribution is -2.24. The summed E-state index contributed by atoms with van der Waals surface area (Å²) in [7, 11) is 0. The molecule has 0 atom stereocenters. The van der Waals surface area contributed by atoms with E-state index in [0.29, 0.717) is 18.1 Å². The Labute approximate surface area is 166 Å². The summed E-state index contributed by atoms with van der Waals surface area (Å²) in [4.78, 5) is 17.6. The first-order valence-corrected chi connectivity index (χ1v) is 9.72. The lowest BCUT2D eigenvalue weighted by Gasteiger charge is -2.11. The zero-order chi connectivity index (χ0) is 19.2. The number of carbonyl (C=O) groups is 1. The second-order valence-electron chi connectivity index (χ2n) is 6.10. The van der Waals surface area contributed by atoms with Gasteiger partial charge in [0, 0.05) is 12.1 Å². The summed E-state index contributed by atoms with van der Waals surface area (Å²) in [5, 5.41) is 4.88. The van der Waals surface area contributed by atoms with E-state index in [4.69, 9.17) is 9.15 Å². The highest BCUT2D eigenvalue weighted by atomic mass is 32.1. The third-order valence-electron chi connectivity index (χ3n) is 4.05. The van der Waals surface area contributed by atoms with Crippen molar-refractivity contribution in [2.75, 3.05) is 0 Å². The Kier molecular flexibility index (Phi) is 5.49. The van der Waals surface area contributed by atoms with Gasteiger partial charge in [-0.15, -0.1) is 11.3 Å². The smallest absolute Gasteiger partial charge is 0.236 e. The molecule has 0 spiro atoms. The molecule has 6 heteroatoms. The van der Waals surface area contributed by atoms with Crippen LogP contribution in [0.5, 0.6) is 11.5 Å². The van der Waals surface area contributed by atoms with E-state index in [1.165, 1.54) is 6.26 Å². The van der Waals surface area contributed by atoms with Gasteiger partial charge in [-0.2, -0.15) is 0 Å². The molecule has 0 aliphatic rings. The van der Waals surface area contributed by atoms with Crippen LogP contribution in [0.4, 0.5) is 0 Å². The number of benzene rings is 2. The maximum absolute atomic E-state index is 12.3. The molecule has 0 radical (unpaired) electrons. The second-order valence-corrected chi connectivity index (χ2v) is 7.05. The molecule has 0 unspecified atom stereocenters. The number of oxazole rings is 1. The summed E-state index contributed by atoms with van der Waals surface area (Å²) in [6, 6.07) is 21.1. The fourth-order valence-electron chi connectivity index (χ4n) is 2.69. The number of nitrogens with zero attached hydrogens (tertiary/aromatic N) is 1. The Morgan fingerprint density at radius 2 is 1.86 bits per heavy atom. The quantitative estimate of drug-likeness (QED) is 0.479. The van der Waals surface area contributed by atoms with Crippen molar-refractivity contribution >= 4 is 17.2 Å². The van der Waals surface area contributed by atoms with Gasteiger partial charge in [-0.3, -0.25) is 4.79 Å². The number of hydrogen-bond donors (Lipinski definition) is 1. The van der Waals surface area contributed by atoms with Gasteiger partial charge in [0.15, 0.2) is 0 Å². The number of rotatable bonds is 7. The number of aromatic nitrogens is 1. The highest BCUT2D eigenvalue weighted by Crippen LogP contribution is 2.25. The molecule has 0 aliphatic heterocycles. The van der Waals surface area contributed by atoms with Crippen molar-refractivity contribution in [1.29, 1.82) is 0 Å². The third-order valence-corrected chi connectivity index (χ3v) is 4.90. The normalized spacial score (nSPS) is 10.6. The van der Waals surface area contributed by atoms with E-state index in [1.807, 2.05) is 72.1 Å². The summed E-state index contributed by atoms with van der Waals surface area (Å²) < 4.78 is 11.4. The Morgan fingerprint density at radius 1 is 1.04 bits per heavy atom. The van der Waals surface area contributed by atoms with E-state index >= 15 is 0 Å². The van der Waals surface area contributed by atoms with Crippen molar-refractivity contribution in [1.82, 2.24) is 10.3 Å². The fraction of sp³-hybridized carbons (Fsp3) is 0.0909. The summed E-state index contributed by atoms with van der Waals surface area (Å²) in [6.07, 6.45) is 1.69. The monoisotopic (exact) mass is 390 g/mol. The molecular formula is C22H18N2O3S. The van der Waals surface area contributed by atoms with E-state index in [1.54, 1.807) is 11.3 Å². The van der Waals surface area contributed by atoms with Crippen LogP contribution < -0.4 is 10.1 Å². The lowest BCUT2D eigenvalue weighted by atomic mass is 10.2. The predicted octanol–water partition coefficient (Wildman–Crippen LogP) is 5.05. The van der Waals surface area contributed by atoms with Crippen molar-refractivity contribution in [2.45, 2.75) is 13.0 Å². The first-order chi connectivity index (χ1) is 13.8. The van der Waals surface area contributed by atoms with E-state index in [0.717, 1.165) is 21.9 Å². The van der Waals surface area contributed by atoms with Gasteiger partial charge in [0.05, 0.1) is 17.0 Å². The van der Waals surface area contributed by atoms with Crippen molar-refractivity contribution < 1.29 is 13.9 Å². The SMILES string of the molecule is O=C(Cc1coc(-c2cccs2)n1)NCc1ccccc1Oc1ccccc1. The Hall–Kier alpha value is -3.38. The van der Waals surface area contributed by atoms with Crippen LogP contribution in [0, 0.1) is 0 Å². The molecule has 0 fully saturated rings. The molecule has 5 nitrogen and oxygen atoms in total. The second kappa shape index (κ2) is 8.54. The van der Waals surface area contributed by atoms with Gasteiger partial charge in [-0.05, 0) is 29.6 Å². The van der Waals surface area contributed by atoms with E-state index in [-0.39, 0.29) is 12.3 Å². The molecule has 4 rings (SSSR count). The van der Waals surface area contributed by atoms with Crippen LogP contribution in [-0.2, 0) is 17.8 Å². The maximum Gasteiger partial charge on any atom is 0.236 e.